The van der Waals surface area contributed by atoms with Crippen LogP contribution in [-0.4, -0.2) is 32.7 Å². The predicted molar refractivity (Wildman–Crippen MR) is 110 cm³/mol. The van der Waals surface area contributed by atoms with Crippen LogP contribution < -0.4 is 5.32 Å². The normalized spacial score (nSPS) is 13.0. The zero-order chi connectivity index (χ0) is 20.1. The number of aryl methyl sites for hydroxylation is 1. The van der Waals surface area contributed by atoms with E-state index in [-0.39, 0.29) is 18.1 Å². The summed E-state index contributed by atoms with van der Waals surface area (Å²) in [6.45, 7) is 6.16. The van der Waals surface area contributed by atoms with E-state index in [2.05, 4.69) is 46.6 Å². The van der Waals surface area contributed by atoms with Crippen LogP contribution in [0.3, 0.4) is 0 Å². The van der Waals surface area contributed by atoms with Crippen LogP contribution in [0.2, 0.25) is 0 Å². The number of hydrogen-bond donors (Lipinski definition) is 1. The van der Waals surface area contributed by atoms with Crippen LogP contribution in [0.4, 0.5) is 4.79 Å². The van der Waals surface area contributed by atoms with Crippen LogP contribution >= 0.6 is 0 Å². The van der Waals surface area contributed by atoms with Crippen molar-refractivity contribution in [3.8, 4) is 5.69 Å². The molecule has 0 radical (unpaired) electrons. The molecule has 146 valence electrons. The third-order valence-electron chi connectivity index (χ3n) is 5.19. The Kier molecular flexibility index (Phi) is 6.09. The van der Waals surface area contributed by atoms with E-state index in [0.29, 0.717) is 0 Å². The molecule has 2 aromatic carbocycles. The molecule has 1 N–H and O–H groups in total. The number of hydrogen-bond acceptors (Lipinski definition) is 3. The number of nitrogens with one attached hydrogen (secondary N) is 1. The summed E-state index contributed by atoms with van der Waals surface area (Å²) in [5, 5.41) is 7.21. The summed E-state index contributed by atoms with van der Waals surface area (Å²) in [7, 11) is 1.82. The van der Waals surface area contributed by atoms with Crippen LogP contribution in [0.25, 0.3) is 5.69 Å². The van der Waals surface area contributed by atoms with Gasteiger partial charge in [0, 0.05) is 7.05 Å². The Morgan fingerprint density at radius 1 is 1.07 bits per heavy atom. The highest BCUT2D eigenvalue weighted by Gasteiger charge is 2.19. The maximum atomic E-state index is 12.7. The van der Waals surface area contributed by atoms with Gasteiger partial charge < -0.3 is 10.2 Å². The number of carbonyl (C=O) groups is 1. The highest BCUT2D eigenvalue weighted by molar-refractivity contribution is 5.75. The highest BCUT2D eigenvalue weighted by Crippen LogP contribution is 2.21. The monoisotopic (exact) mass is 377 g/mol. The molecule has 0 bridgehead atoms. The van der Waals surface area contributed by atoms with Gasteiger partial charge >= 0.3 is 6.03 Å². The summed E-state index contributed by atoms with van der Waals surface area (Å²) in [5.41, 5.74) is 4.39. The van der Waals surface area contributed by atoms with Crippen molar-refractivity contribution in [2.45, 2.75) is 39.3 Å². The summed E-state index contributed by atoms with van der Waals surface area (Å²) < 4.78 is 1.70. The molecule has 0 fully saturated rings. The quantitative estimate of drug-likeness (QED) is 0.697. The van der Waals surface area contributed by atoms with Crippen molar-refractivity contribution in [2.24, 2.45) is 0 Å². The molecule has 0 spiro atoms. The molecule has 6 nitrogen and oxygen atoms in total. The van der Waals surface area contributed by atoms with Crippen LogP contribution in [0, 0.1) is 0 Å². The average Bonchev–Trinajstić information content (AvgIpc) is 3.27. The molecule has 0 saturated heterocycles. The van der Waals surface area contributed by atoms with E-state index in [4.69, 9.17) is 0 Å². The molecule has 0 aliphatic heterocycles. The Bertz CT molecular complexity index is 888. The van der Waals surface area contributed by atoms with Gasteiger partial charge in [-0.2, -0.15) is 5.10 Å². The zero-order valence-corrected chi connectivity index (χ0v) is 16.8. The van der Waals surface area contributed by atoms with Crippen LogP contribution in [0.15, 0.2) is 61.2 Å². The Hall–Kier alpha value is -3.15. The van der Waals surface area contributed by atoms with E-state index in [1.54, 1.807) is 15.9 Å². The Morgan fingerprint density at radius 3 is 2.29 bits per heavy atom. The molecule has 0 saturated carbocycles. The lowest BCUT2D eigenvalue weighted by atomic mass is 10.0. The first-order chi connectivity index (χ1) is 13.5. The molecule has 1 heterocycles. The second-order valence-corrected chi connectivity index (χ2v) is 6.98. The lowest BCUT2D eigenvalue weighted by Crippen LogP contribution is -2.39. The molecule has 6 heteroatoms. The first-order valence-corrected chi connectivity index (χ1v) is 9.56. The number of benzene rings is 2. The molecular weight excluding hydrogens is 350 g/mol. The smallest absolute Gasteiger partial charge is 0.318 e. The second kappa shape index (κ2) is 8.69. The minimum Gasteiger partial charge on any atom is -0.331 e. The molecule has 0 aliphatic carbocycles. The molecule has 2 unspecified atom stereocenters. The Morgan fingerprint density at radius 2 is 1.71 bits per heavy atom. The standard InChI is InChI=1S/C22H27N5O/c1-5-18-6-8-19(9-7-18)16(2)25-22(28)26(4)17(3)20-10-12-21(13-11-20)27-15-23-14-24-27/h6-17H,5H2,1-4H3,(H,25,28). The van der Waals surface area contributed by atoms with Crippen LogP contribution in [0.1, 0.15) is 49.5 Å². The summed E-state index contributed by atoms with van der Waals surface area (Å²) >= 11 is 0. The van der Waals surface area contributed by atoms with Crippen LogP contribution in [-0.2, 0) is 6.42 Å². The first-order valence-electron chi connectivity index (χ1n) is 9.56. The summed E-state index contributed by atoms with van der Waals surface area (Å²) in [5.74, 6) is 0. The molecule has 3 aromatic rings. The largest absolute Gasteiger partial charge is 0.331 e. The number of aromatic nitrogens is 3. The number of rotatable bonds is 6. The lowest BCUT2D eigenvalue weighted by molar-refractivity contribution is 0.191. The van der Waals surface area contributed by atoms with Crippen molar-refractivity contribution in [1.82, 2.24) is 25.0 Å². The molecule has 2 atom stereocenters. The van der Waals surface area contributed by atoms with Gasteiger partial charge in [0.2, 0.25) is 0 Å². The topological polar surface area (TPSA) is 63.1 Å². The molecular formula is C22H27N5O. The molecule has 3 rings (SSSR count). The van der Waals surface area contributed by atoms with Gasteiger partial charge in [0.15, 0.2) is 0 Å². The molecule has 2 amide bonds. The lowest BCUT2D eigenvalue weighted by Gasteiger charge is -2.27. The minimum atomic E-state index is -0.0973. The maximum absolute atomic E-state index is 12.7. The fourth-order valence-electron chi connectivity index (χ4n) is 3.06. The first kappa shape index (κ1) is 19.6. The molecule has 28 heavy (non-hydrogen) atoms. The number of urea groups is 1. The van der Waals surface area contributed by atoms with Gasteiger partial charge in [0.05, 0.1) is 17.8 Å². The van der Waals surface area contributed by atoms with E-state index in [1.807, 2.05) is 45.2 Å². The Labute approximate surface area is 166 Å². The van der Waals surface area contributed by atoms with Crippen molar-refractivity contribution in [3.05, 3.63) is 77.9 Å². The van der Waals surface area contributed by atoms with Gasteiger partial charge in [0.25, 0.3) is 0 Å². The van der Waals surface area contributed by atoms with Gasteiger partial charge in [-0.3, -0.25) is 0 Å². The number of amides is 2. The summed E-state index contributed by atoms with van der Waals surface area (Å²) in [4.78, 5) is 18.4. The fraction of sp³-hybridized carbons (Fsp3) is 0.318. The van der Waals surface area contributed by atoms with Crippen molar-refractivity contribution in [2.75, 3.05) is 7.05 Å². The van der Waals surface area contributed by atoms with Gasteiger partial charge in [-0.25, -0.2) is 14.5 Å². The van der Waals surface area contributed by atoms with E-state index in [0.717, 1.165) is 23.2 Å². The summed E-state index contributed by atoms with van der Waals surface area (Å²) in [6.07, 6.45) is 4.18. The molecule has 0 aliphatic rings. The fourth-order valence-corrected chi connectivity index (χ4v) is 3.06. The zero-order valence-electron chi connectivity index (χ0n) is 16.8. The van der Waals surface area contributed by atoms with Gasteiger partial charge in [-0.1, -0.05) is 43.3 Å². The molecule has 1 aromatic heterocycles. The van der Waals surface area contributed by atoms with Gasteiger partial charge in [0.1, 0.15) is 12.7 Å². The minimum absolute atomic E-state index is 0.0530. The van der Waals surface area contributed by atoms with E-state index in [1.165, 1.54) is 11.9 Å². The van der Waals surface area contributed by atoms with Gasteiger partial charge in [-0.05, 0) is 49.1 Å². The third kappa shape index (κ3) is 4.39. The predicted octanol–water partition coefficient (Wildman–Crippen LogP) is 4.29. The maximum Gasteiger partial charge on any atom is 0.318 e. The SMILES string of the molecule is CCc1ccc(C(C)NC(=O)N(C)C(C)c2ccc(-n3cncn3)cc2)cc1. The average molecular weight is 377 g/mol. The van der Waals surface area contributed by atoms with Crippen LogP contribution in [0.5, 0.6) is 0 Å². The third-order valence-corrected chi connectivity index (χ3v) is 5.19. The van der Waals surface area contributed by atoms with Gasteiger partial charge in [-0.15, -0.1) is 0 Å². The number of nitrogens with zero attached hydrogens (tertiary/aromatic N) is 4. The summed E-state index contributed by atoms with van der Waals surface area (Å²) in [6, 6.07) is 16.2. The van der Waals surface area contributed by atoms with Crippen molar-refractivity contribution >= 4 is 6.03 Å². The van der Waals surface area contributed by atoms with Crippen molar-refractivity contribution < 1.29 is 4.79 Å². The van der Waals surface area contributed by atoms with Crippen molar-refractivity contribution in [1.29, 1.82) is 0 Å². The highest BCUT2D eigenvalue weighted by atomic mass is 16.2. The van der Waals surface area contributed by atoms with E-state index < -0.39 is 0 Å². The van der Waals surface area contributed by atoms with E-state index >= 15 is 0 Å². The van der Waals surface area contributed by atoms with Crippen molar-refractivity contribution in [3.63, 3.8) is 0 Å². The van der Waals surface area contributed by atoms with E-state index in [9.17, 15) is 4.79 Å². The second-order valence-electron chi connectivity index (χ2n) is 6.98. The number of carbonyl (C=O) groups excluding carboxylic acids is 1. The Balaban J connectivity index is 1.63.